The van der Waals surface area contributed by atoms with Crippen LogP contribution < -0.4 is 10.9 Å². The number of aromatic hydroxyl groups is 2. The Bertz CT molecular complexity index is 846. The second kappa shape index (κ2) is 9.86. The zero-order valence-corrected chi connectivity index (χ0v) is 15.6. The van der Waals surface area contributed by atoms with Gasteiger partial charge in [0.15, 0.2) is 0 Å². The molecule has 0 spiro atoms. The molecule has 2 amide bonds. The number of rotatable bonds is 6. The van der Waals surface area contributed by atoms with E-state index in [9.17, 15) is 19.8 Å². The smallest absolute Gasteiger partial charge is 0.331 e. The second-order valence-electron chi connectivity index (χ2n) is 5.74. The summed E-state index contributed by atoms with van der Waals surface area (Å²) in [6.45, 7) is 3.61. The van der Waals surface area contributed by atoms with Gasteiger partial charge in [-0.15, -0.1) is 0 Å². The standard InChI is InChI=1S/C20H22N4O4/c1-3-15(13-9-5-7-11-17(13)25)21-23-19(27)20(28)24-22-16(4-2)14-10-6-8-12-18(14)26/h5-12,25-26H,3-4H2,1-2H3,(H,23,27)(H,24,28). The van der Waals surface area contributed by atoms with Gasteiger partial charge in [0.1, 0.15) is 11.5 Å². The first-order valence-corrected chi connectivity index (χ1v) is 8.78. The van der Waals surface area contributed by atoms with Crippen LogP contribution in [0.5, 0.6) is 11.5 Å². The predicted molar refractivity (Wildman–Crippen MR) is 106 cm³/mol. The molecule has 0 radical (unpaired) electrons. The second-order valence-corrected chi connectivity index (χ2v) is 5.74. The number of hydrogen-bond donors (Lipinski definition) is 4. The third-order valence-electron chi connectivity index (χ3n) is 3.89. The highest BCUT2D eigenvalue weighted by Crippen LogP contribution is 2.18. The van der Waals surface area contributed by atoms with Crippen molar-refractivity contribution in [3.63, 3.8) is 0 Å². The van der Waals surface area contributed by atoms with Crippen molar-refractivity contribution < 1.29 is 19.8 Å². The molecule has 0 heterocycles. The van der Waals surface area contributed by atoms with E-state index < -0.39 is 11.8 Å². The number of para-hydroxylation sites is 2. The van der Waals surface area contributed by atoms with Crippen LogP contribution in [-0.2, 0) is 9.59 Å². The number of phenolic OH excluding ortho intramolecular Hbond substituents is 2. The molecule has 2 aromatic carbocycles. The number of benzene rings is 2. The lowest BCUT2D eigenvalue weighted by Crippen LogP contribution is -2.36. The maximum atomic E-state index is 12.0. The van der Waals surface area contributed by atoms with Crippen LogP contribution in [0.4, 0.5) is 0 Å². The number of carbonyl (C=O) groups is 2. The highest BCUT2D eigenvalue weighted by Gasteiger charge is 2.15. The van der Waals surface area contributed by atoms with E-state index in [0.717, 1.165) is 0 Å². The van der Waals surface area contributed by atoms with Crippen LogP contribution in [0, 0.1) is 0 Å². The fourth-order valence-electron chi connectivity index (χ4n) is 2.43. The van der Waals surface area contributed by atoms with E-state index in [1.807, 2.05) is 13.8 Å². The maximum Gasteiger partial charge on any atom is 0.331 e. The Hall–Kier alpha value is -3.68. The first-order valence-electron chi connectivity index (χ1n) is 8.78. The summed E-state index contributed by atoms with van der Waals surface area (Å²) in [5.41, 5.74) is 6.10. The predicted octanol–water partition coefficient (Wildman–Crippen LogP) is 2.26. The number of nitrogens with one attached hydrogen (secondary N) is 2. The maximum absolute atomic E-state index is 12.0. The highest BCUT2D eigenvalue weighted by atomic mass is 16.3. The minimum absolute atomic E-state index is 0.0293. The minimum Gasteiger partial charge on any atom is -0.507 e. The SMILES string of the molecule is CCC(=NNC(=O)C(=O)NN=C(CC)c1ccccc1O)c1ccccc1O. The number of amides is 2. The lowest BCUT2D eigenvalue weighted by atomic mass is 10.1. The lowest BCUT2D eigenvalue weighted by molar-refractivity contribution is -0.139. The molecule has 0 aliphatic heterocycles. The summed E-state index contributed by atoms with van der Waals surface area (Å²) in [6.07, 6.45) is 0.871. The van der Waals surface area contributed by atoms with Gasteiger partial charge in [-0.25, -0.2) is 10.9 Å². The van der Waals surface area contributed by atoms with Crippen molar-refractivity contribution in [3.05, 3.63) is 59.7 Å². The van der Waals surface area contributed by atoms with Crippen molar-refractivity contribution in [3.8, 4) is 11.5 Å². The molecule has 0 fully saturated rings. The molecule has 8 heteroatoms. The quantitative estimate of drug-likeness (QED) is 0.347. The van der Waals surface area contributed by atoms with Crippen molar-refractivity contribution in [1.29, 1.82) is 0 Å². The van der Waals surface area contributed by atoms with E-state index in [0.29, 0.717) is 35.4 Å². The van der Waals surface area contributed by atoms with Gasteiger partial charge in [-0.2, -0.15) is 10.2 Å². The van der Waals surface area contributed by atoms with Crippen molar-refractivity contribution in [2.75, 3.05) is 0 Å². The van der Waals surface area contributed by atoms with Gasteiger partial charge >= 0.3 is 11.8 Å². The average Bonchev–Trinajstić information content (AvgIpc) is 2.70. The van der Waals surface area contributed by atoms with Crippen molar-refractivity contribution in [2.45, 2.75) is 26.7 Å². The summed E-state index contributed by atoms with van der Waals surface area (Å²) in [6, 6.07) is 13.1. The lowest BCUT2D eigenvalue weighted by Gasteiger charge is -2.08. The molecule has 0 atom stereocenters. The van der Waals surface area contributed by atoms with E-state index in [4.69, 9.17) is 0 Å². The van der Waals surface area contributed by atoms with E-state index in [-0.39, 0.29) is 11.5 Å². The van der Waals surface area contributed by atoms with Gasteiger partial charge in [-0.05, 0) is 37.1 Å². The van der Waals surface area contributed by atoms with Crippen LogP contribution >= 0.6 is 0 Å². The number of hydrazone groups is 2. The summed E-state index contributed by atoms with van der Waals surface area (Å²) in [5, 5.41) is 27.6. The van der Waals surface area contributed by atoms with Crippen molar-refractivity contribution in [1.82, 2.24) is 10.9 Å². The fourth-order valence-corrected chi connectivity index (χ4v) is 2.43. The molecule has 4 N–H and O–H groups in total. The van der Waals surface area contributed by atoms with Gasteiger partial charge in [0, 0.05) is 11.1 Å². The number of carbonyl (C=O) groups excluding carboxylic acids is 2. The molecule has 0 saturated carbocycles. The number of nitrogens with zero attached hydrogens (tertiary/aromatic N) is 2. The Kier molecular flexibility index (Phi) is 7.27. The summed E-state index contributed by atoms with van der Waals surface area (Å²) in [5.74, 6) is -1.95. The molecule has 0 aromatic heterocycles. The third kappa shape index (κ3) is 5.16. The zero-order chi connectivity index (χ0) is 20.5. The van der Waals surface area contributed by atoms with Crippen LogP contribution in [0.3, 0.4) is 0 Å². The normalized spacial score (nSPS) is 11.8. The Morgan fingerprint density at radius 2 is 1.11 bits per heavy atom. The van der Waals surface area contributed by atoms with Gasteiger partial charge in [-0.1, -0.05) is 38.1 Å². The van der Waals surface area contributed by atoms with Gasteiger partial charge in [0.2, 0.25) is 0 Å². The molecule has 8 nitrogen and oxygen atoms in total. The Morgan fingerprint density at radius 1 is 0.750 bits per heavy atom. The molecular formula is C20H22N4O4. The fraction of sp³-hybridized carbons (Fsp3) is 0.200. The Morgan fingerprint density at radius 3 is 1.43 bits per heavy atom. The van der Waals surface area contributed by atoms with Crippen LogP contribution in [0.15, 0.2) is 58.7 Å². The summed E-state index contributed by atoms with van der Waals surface area (Å²) in [4.78, 5) is 23.9. The molecular weight excluding hydrogens is 360 g/mol. The Labute approximate surface area is 162 Å². The van der Waals surface area contributed by atoms with Crippen LogP contribution in [0.25, 0.3) is 0 Å². The van der Waals surface area contributed by atoms with Gasteiger partial charge < -0.3 is 10.2 Å². The van der Waals surface area contributed by atoms with E-state index in [1.165, 1.54) is 12.1 Å². The van der Waals surface area contributed by atoms with Gasteiger partial charge in [-0.3, -0.25) is 9.59 Å². The van der Waals surface area contributed by atoms with Crippen LogP contribution in [-0.4, -0.2) is 33.5 Å². The summed E-state index contributed by atoms with van der Waals surface area (Å²) >= 11 is 0. The van der Waals surface area contributed by atoms with E-state index >= 15 is 0 Å². The molecule has 0 bridgehead atoms. The van der Waals surface area contributed by atoms with E-state index in [2.05, 4.69) is 21.1 Å². The first kappa shape index (κ1) is 20.6. The molecule has 0 aliphatic carbocycles. The van der Waals surface area contributed by atoms with Crippen molar-refractivity contribution >= 4 is 23.2 Å². The van der Waals surface area contributed by atoms with Crippen LogP contribution in [0.2, 0.25) is 0 Å². The first-order chi connectivity index (χ1) is 13.5. The zero-order valence-electron chi connectivity index (χ0n) is 15.6. The van der Waals surface area contributed by atoms with Gasteiger partial charge in [0.05, 0.1) is 11.4 Å². The molecule has 146 valence electrons. The summed E-state index contributed by atoms with van der Waals surface area (Å²) in [7, 11) is 0. The topological polar surface area (TPSA) is 123 Å². The van der Waals surface area contributed by atoms with Gasteiger partial charge in [0.25, 0.3) is 0 Å². The van der Waals surface area contributed by atoms with Crippen LogP contribution in [0.1, 0.15) is 37.8 Å². The molecule has 2 aromatic rings. The largest absolute Gasteiger partial charge is 0.507 e. The average molecular weight is 382 g/mol. The number of phenols is 2. The third-order valence-corrected chi connectivity index (χ3v) is 3.89. The molecule has 2 rings (SSSR count). The minimum atomic E-state index is -1.00. The molecule has 0 aliphatic rings. The highest BCUT2D eigenvalue weighted by molar-refractivity contribution is 6.35. The Balaban J connectivity index is 2.07. The molecule has 0 saturated heterocycles. The summed E-state index contributed by atoms with van der Waals surface area (Å²) < 4.78 is 0. The number of hydrogen-bond acceptors (Lipinski definition) is 6. The molecule has 0 unspecified atom stereocenters. The van der Waals surface area contributed by atoms with Crippen molar-refractivity contribution in [2.24, 2.45) is 10.2 Å². The van der Waals surface area contributed by atoms with E-state index in [1.54, 1.807) is 36.4 Å². The molecule has 28 heavy (non-hydrogen) atoms. The monoisotopic (exact) mass is 382 g/mol.